The number of nitrogens with one attached hydrogen (secondary N) is 2. The monoisotopic (exact) mass is 436 g/mol. The lowest BCUT2D eigenvalue weighted by atomic mass is 10.0. The predicted molar refractivity (Wildman–Crippen MR) is 132 cm³/mol. The number of imidazole rings is 1. The maximum absolute atomic E-state index is 6.10. The largest absolute Gasteiger partial charge is 0.491 e. The number of rotatable bonds is 3. The SMILES string of the molecule is CNc1ccc2c(N3CCOc4ccc(-c5ccc6nc(C)[nH]c6c5)cc4C3)ncnc2c1. The molecule has 0 amide bonds. The third-order valence-corrected chi connectivity index (χ3v) is 6.18. The summed E-state index contributed by atoms with van der Waals surface area (Å²) in [5.41, 5.74) is 7.43. The molecule has 7 heteroatoms. The van der Waals surface area contributed by atoms with E-state index in [9.17, 15) is 0 Å². The molecule has 0 saturated heterocycles. The van der Waals surface area contributed by atoms with Crippen LogP contribution in [0.1, 0.15) is 11.4 Å². The van der Waals surface area contributed by atoms with Crippen molar-refractivity contribution in [1.82, 2.24) is 19.9 Å². The Morgan fingerprint density at radius 2 is 1.85 bits per heavy atom. The lowest BCUT2D eigenvalue weighted by Crippen LogP contribution is -2.26. The summed E-state index contributed by atoms with van der Waals surface area (Å²) >= 11 is 0. The lowest BCUT2D eigenvalue weighted by molar-refractivity contribution is 0.331. The molecule has 2 N–H and O–H groups in total. The Labute approximate surface area is 191 Å². The fraction of sp³-hybridized carbons (Fsp3) is 0.192. The summed E-state index contributed by atoms with van der Waals surface area (Å²) in [6.07, 6.45) is 1.64. The summed E-state index contributed by atoms with van der Waals surface area (Å²) < 4.78 is 6.10. The highest BCUT2D eigenvalue weighted by atomic mass is 16.5. The second kappa shape index (κ2) is 7.78. The molecule has 6 rings (SSSR count). The maximum Gasteiger partial charge on any atom is 0.140 e. The van der Waals surface area contributed by atoms with Gasteiger partial charge < -0.3 is 19.9 Å². The van der Waals surface area contributed by atoms with Crippen molar-refractivity contribution in [2.45, 2.75) is 13.5 Å². The van der Waals surface area contributed by atoms with Crippen LogP contribution in [0, 0.1) is 6.92 Å². The van der Waals surface area contributed by atoms with Gasteiger partial charge >= 0.3 is 0 Å². The van der Waals surface area contributed by atoms with Crippen molar-refractivity contribution in [3.05, 3.63) is 72.3 Å². The van der Waals surface area contributed by atoms with Gasteiger partial charge in [-0.3, -0.25) is 0 Å². The maximum atomic E-state index is 6.10. The van der Waals surface area contributed by atoms with Crippen molar-refractivity contribution in [2.24, 2.45) is 0 Å². The topological polar surface area (TPSA) is 79.0 Å². The number of benzene rings is 3. The molecule has 33 heavy (non-hydrogen) atoms. The van der Waals surface area contributed by atoms with E-state index in [0.29, 0.717) is 13.2 Å². The first kappa shape index (κ1) is 19.5. The van der Waals surface area contributed by atoms with Crippen molar-refractivity contribution in [2.75, 3.05) is 30.4 Å². The zero-order valence-electron chi connectivity index (χ0n) is 18.6. The standard InChI is InChI=1S/C26H24N6O/c1-16-30-22-7-3-18(12-24(22)31-16)17-4-8-25-19(11-17)14-32(9-10-33-25)26-21-6-5-20(27-2)13-23(21)28-15-29-26/h3-8,11-13,15,27H,9-10,14H2,1-2H3,(H,30,31). The molecule has 0 spiro atoms. The molecule has 2 aromatic heterocycles. The Kier molecular flexibility index (Phi) is 4.61. The quantitative estimate of drug-likeness (QED) is 0.418. The minimum absolute atomic E-state index is 0.603. The highest BCUT2D eigenvalue weighted by molar-refractivity contribution is 5.91. The van der Waals surface area contributed by atoms with E-state index in [1.165, 1.54) is 0 Å². The van der Waals surface area contributed by atoms with Crippen LogP contribution in [0.25, 0.3) is 33.1 Å². The normalized spacial score (nSPS) is 13.6. The Hall–Kier alpha value is -4.13. The van der Waals surface area contributed by atoms with E-state index in [1.807, 2.05) is 20.0 Å². The lowest BCUT2D eigenvalue weighted by Gasteiger charge is -2.22. The highest BCUT2D eigenvalue weighted by Crippen LogP contribution is 2.33. The van der Waals surface area contributed by atoms with Crippen LogP contribution in [0.2, 0.25) is 0 Å². The van der Waals surface area contributed by atoms with Crippen molar-refractivity contribution in [1.29, 1.82) is 0 Å². The van der Waals surface area contributed by atoms with Gasteiger partial charge in [0, 0.05) is 30.2 Å². The number of fused-ring (bicyclic) bond motifs is 3. The van der Waals surface area contributed by atoms with E-state index in [1.54, 1.807) is 6.33 Å². The second-order valence-corrected chi connectivity index (χ2v) is 8.33. The van der Waals surface area contributed by atoms with E-state index in [0.717, 1.165) is 68.3 Å². The van der Waals surface area contributed by atoms with E-state index < -0.39 is 0 Å². The van der Waals surface area contributed by atoms with Crippen LogP contribution in [0.4, 0.5) is 11.5 Å². The van der Waals surface area contributed by atoms with Crippen LogP contribution in [0.5, 0.6) is 5.75 Å². The Morgan fingerprint density at radius 3 is 2.76 bits per heavy atom. The number of anilines is 2. The number of H-pyrrole nitrogens is 1. The fourth-order valence-electron chi connectivity index (χ4n) is 4.52. The number of ether oxygens (including phenoxy) is 1. The van der Waals surface area contributed by atoms with Crippen LogP contribution in [-0.4, -0.2) is 40.1 Å². The summed E-state index contributed by atoms with van der Waals surface area (Å²) in [4.78, 5) is 19.2. The number of nitrogens with zero attached hydrogens (tertiary/aromatic N) is 4. The molecule has 7 nitrogen and oxygen atoms in total. The molecule has 1 aliphatic rings. The molecule has 0 fully saturated rings. The van der Waals surface area contributed by atoms with Crippen LogP contribution >= 0.6 is 0 Å². The van der Waals surface area contributed by atoms with Gasteiger partial charge in [-0.1, -0.05) is 12.1 Å². The number of aromatic amines is 1. The molecule has 0 bridgehead atoms. The van der Waals surface area contributed by atoms with Crippen molar-refractivity contribution in [3.63, 3.8) is 0 Å². The molecule has 3 aromatic carbocycles. The zero-order chi connectivity index (χ0) is 22.4. The first-order valence-electron chi connectivity index (χ1n) is 11.1. The summed E-state index contributed by atoms with van der Waals surface area (Å²) in [6.45, 7) is 4.05. The van der Waals surface area contributed by atoms with Gasteiger partial charge in [-0.2, -0.15) is 0 Å². The van der Waals surface area contributed by atoms with Crippen LogP contribution in [0.3, 0.4) is 0 Å². The van der Waals surface area contributed by atoms with Gasteiger partial charge in [0.05, 0.1) is 23.1 Å². The Morgan fingerprint density at radius 1 is 0.970 bits per heavy atom. The molecular weight excluding hydrogens is 412 g/mol. The molecule has 5 aromatic rings. The first-order chi connectivity index (χ1) is 16.2. The highest BCUT2D eigenvalue weighted by Gasteiger charge is 2.20. The summed E-state index contributed by atoms with van der Waals surface area (Å²) in [7, 11) is 1.91. The van der Waals surface area contributed by atoms with E-state index in [-0.39, 0.29) is 0 Å². The summed E-state index contributed by atoms with van der Waals surface area (Å²) in [6, 6.07) is 19.0. The van der Waals surface area contributed by atoms with Crippen molar-refractivity contribution < 1.29 is 4.74 Å². The number of hydrogen-bond donors (Lipinski definition) is 2. The molecule has 0 radical (unpaired) electrons. The van der Waals surface area contributed by atoms with Crippen molar-refractivity contribution >= 4 is 33.4 Å². The Bertz CT molecular complexity index is 1490. The van der Waals surface area contributed by atoms with E-state index in [2.05, 4.69) is 78.7 Å². The van der Waals surface area contributed by atoms with Gasteiger partial charge in [-0.25, -0.2) is 15.0 Å². The molecule has 0 saturated carbocycles. The van der Waals surface area contributed by atoms with Gasteiger partial charge in [0.25, 0.3) is 0 Å². The smallest absolute Gasteiger partial charge is 0.140 e. The third-order valence-electron chi connectivity index (χ3n) is 6.18. The summed E-state index contributed by atoms with van der Waals surface area (Å²) in [5, 5.41) is 4.21. The third kappa shape index (κ3) is 3.51. The summed E-state index contributed by atoms with van der Waals surface area (Å²) in [5.74, 6) is 2.78. The van der Waals surface area contributed by atoms with Gasteiger partial charge in [0.15, 0.2) is 0 Å². The average molecular weight is 437 g/mol. The Balaban J connectivity index is 1.38. The number of hydrogen-bond acceptors (Lipinski definition) is 6. The zero-order valence-corrected chi connectivity index (χ0v) is 18.6. The molecule has 0 unspecified atom stereocenters. The predicted octanol–water partition coefficient (Wildman–Crippen LogP) is 4.92. The van der Waals surface area contributed by atoms with E-state index in [4.69, 9.17) is 4.74 Å². The van der Waals surface area contributed by atoms with Gasteiger partial charge in [-0.05, 0) is 60.5 Å². The minimum Gasteiger partial charge on any atom is -0.491 e. The molecule has 164 valence electrons. The van der Waals surface area contributed by atoms with E-state index >= 15 is 0 Å². The van der Waals surface area contributed by atoms with Crippen LogP contribution in [0.15, 0.2) is 60.9 Å². The van der Waals surface area contributed by atoms with Crippen LogP contribution < -0.4 is 15.0 Å². The molecule has 0 aliphatic carbocycles. The minimum atomic E-state index is 0.603. The molecule has 1 aliphatic heterocycles. The first-order valence-corrected chi connectivity index (χ1v) is 11.1. The van der Waals surface area contributed by atoms with Gasteiger partial charge in [0.1, 0.15) is 30.3 Å². The van der Waals surface area contributed by atoms with Crippen LogP contribution in [-0.2, 0) is 6.54 Å². The molecule has 3 heterocycles. The fourth-order valence-corrected chi connectivity index (χ4v) is 4.52. The molecule has 0 atom stereocenters. The van der Waals surface area contributed by atoms with Gasteiger partial charge in [0.2, 0.25) is 0 Å². The molecular formula is C26H24N6O. The number of aromatic nitrogens is 4. The van der Waals surface area contributed by atoms with Gasteiger partial charge in [-0.15, -0.1) is 0 Å². The number of aryl methyl sites for hydroxylation is 1. The van der Waals surface area contributed by atoms with Crippen molar-refractivity contribution in [3.8, 4) is 16.9 Å². The average Bonchev–Trinajstić information content (AvgIpc) is 3.09. The second-order valence-electron chi connectivity index (χ2n) is 8.33.